The van der Waals surface area contributed by atoms with Gasteiger partial charge in [-0.25, -0.2) is 9.52 Å². The predicted octanol–water partition coefficient (Wildman–Crippen LogP) is 6.88. The third-order valence-corrected chi connectivity index (χ3v) is 10.4. The summed E-state index contributed by atoms with van der Waals surface area (Å²) < 4.78 is 7.91. The van der Waals surface area contributed by atoms with Gasteiger partial charge in [0.25, 0.3) is 5.69 Å². The fraction of sp³-hybridized carbons (Fsp3) is 0.308. The number of nitro benzene ring substituents is 1. The van der Waals surface area contributed by atoms with Gasteiger partial charge in [-0.2, -0.15) is 0 Å². The van der Waals surface area contributed by atoms with Gasteiger partial charge in [0.2, 0.25) is 11.8 Å². The van der Waals surface area contributed by atoms with Crippen LogP contribution in [0.4, 0.5) is 5.69 Å². The quantitative estimate of drug-likeness (QED) is 0.0370. The number of nitro groups is 1. The van der Waals surface area contributed by atoms with Gasteiger partial charge in [-0.3, -0.25) is 19.7 Å². The van der Waals surface area contributed by atoms with Crippen LogP contribution in [0.1, 0.15) is 51.3 Å². The van der Waals surface area contributed by atoms with E-state index in [0.717, 1.165) is 28.6 Å². The molecule has 2 atom stereocenters. The third-order valence-electron chi connectivity index (χ3n) is 7.76. The standard InChI is InChI=1S/C39H44N4O6S2/c1-27(2)35(37(46)49-38(3,4)5)41-34(44)25-40-36(45)31(42-51-33-24-16-15-23-32(33)43(47)48)26-50-39(28-17-9-6-10-18-28,29-19-11-7-12-20-29)30-21-13-8-14-22-30/h6-24,27,31,35,42H,25-26H2,1-5H3,(H,40,45)(H,41,44)/t31-,35+/m0/s1. The monoisotopic (exact) mass is 728 g/mol. The molecule has 0 saturated carbocycles. The number of rotatable bonds is 16. The highest BCUT2D eigenvalue weighted by Crippen LogP contribution is 2.48. The third kappa shape index (κ3) is 10.7. The van der Waals surface area contributed by atoms with Crippen LogP contribution in [0.2, 0.25) is 0 Å². The molecule has 0 aromatic heterocycles. The summed E-state index contributed by atoms with van der Waals surface area (Å²) in [5.41, 5.74) is 2.16. The van der Waals surface area contributed by atoms with E-state index in [1.54, 1.807) is 52.8 Å². The van der Waals surface area contributed by atoms with E-state index in [4.69, 9.17) is 4.74 Å². The Morgan fingerprint density at radius 2 is 1.27 bits per heavy atom. The van der Waals surface area contributed by atoms with E-state index in [2.05, 4.69) is 51.8 Å². The number of esters is 1. The Bertz CT molecular complexity index is 1670. The van der Waals surface area contributed by atoms with Crippen LogP contribution in [-0.4, -0.2) is 52.7 Å². The van der Waals surface area contributed by atoms with Crippen molar-refractivity contribution in [2.45, 2.75) is 61.9 Å². The molecule has 4 aromatic carbocycles. The Labute approximate surface area is 307 Å². The van der Waals surface area contributed by atoms with E-state index in [9.17, 15) is 24.5 Å². The number of ether oxygens (including phenoxy) is 1. The smallest absolute Gasteiger partial charge is 0.329 e. The lowest BCUT2D eigenvalue weighted by Gasteiger charge is -2.36. The number of para-hydroxylation sites is 1. The maximum atomic E-state index is 13.9. The van der Waals surface area contributed by atoms with Gasteiger partial charge in [-0.1, -0.05) is 117 Å². The van der Waals surface area contributed by atoms with Crippen molar-refractivity contribution in [1.82, 2.24) is 15.4 Å². The summed E-state index contributed by atoms with van der Waals surface area (Å²) >= 11 is 2.52. The van der Waals surface area contributed by atoms with Crippen molar-refractivity contribution < 1.29 is 24.0 Å². The first kappa shape index (κ1) is 39.1. The highest BCUT2D eigenvalue weighted by atomic mass is 32.2. The summed E-state index contributed by atoms with van der Waals surface area (Å²) in [5.74, 6) is -1.67. The Kier molecular flexibility index (Phi) is 13.8. The summed E-state index contributed by atoms with van der Waals surface area (Å²) in [5, 5.41) is 17.2. The molecule has 0 aliphatic rings. The molecule has 2 amide bonds. The molecular formula is C39H44N4O6S2. The number of hydrogen-bond acceptors (Lipinski definition) is 9. The second kappa shape index (κ2) is 18.0. The van der Waals surface area contributed by atoms with Crippen LogP contribution in [0.15, 0.2) is 120 Å². The van der Waals surface area contributed by atoms with E-state index >= 15 is 0 Å². The van der Waals surface area contributed by atoms with E-state index in [1.165, 1.54) is 17.8 Å². The molecule has 0 spiro atoms. The summed E-state index contributed by atoms with van der Waals surface area (Å²) in [7, 11) is 0. The van der Waals surface area contributed by atoms with Crippen LogP contribution in [0.5, 0.6) is 0 Å². The number of thioether (sulfide) groups is 1. The van der Waals surface area contributed by atoms with Crippen LogP contribution >= 0.6 is 23.7 Å². The molecule has 0 radical (unpaired) electrons. The first-order valence-electron chi connectivity index (χ1n) is 16.6. The number of hydrogen-bond donors (Lipinski definition) is 3. The van der Waals surface area contributed by atoms with E-state index in [1.807, 2.05) is 54.6 Å². The zero-order valence-electron chi connectivity index (χ0n) is 29.3. The lowest BCUT2D eigenvalue weighted by atomic mass is 9.84. The number of amides is 2. The van der Waals surface area contributed by atoms with Crippen molar-refractivity contribution in [1.29, 1.82) is 0 Å². The number of benzene rings is 4. The molecule has 10 nitrogen and oxygen atoms in total. The van der Waals surface area contributed by atoms with E-state index in [-0.39, 0.29) is 17.4 Å². The maximum Gasteiger partial charge on any atom is 0.329 e. The molecule has 3 N–H and O–H groups in total. The van der Waals surface area contributed by atoms with Crippen molar-refractivity contribution in [2.75, 3.05) is 12.3 Å². The zero-order valence-corrected chi connectivity index (χ0v) is 31.0. The second-order valence-electron chi connectivity index (χ2n) is 13.1. The summed E-state index contributed by atoms with van der Waals surface area (Å²) in [6.45, 7) is 8.44. The fourth-order valence-corrected chi connectivity index (χ4v) is 7.87. The molecule has 0 aliphatic carbocycles. The molecule has 268 valence electrons. The first-order chi connectivity index (χ1) is 24.3. The number of carbonyl (C=O) groups is 3. The maximum absolute atomic E-state index is 13.9. The molecule has 0 aliphatic heterocycles. The van der Waals surface area contributed by atoms with Crippen LogP contribution in [0.3, 0.4) is 0 Å². The highest BCUT2D eigenvalue weighted by Gasteiger charge is 2.38. The number of carbonyl (C=O) groups excluding carboxylic acids is 3. The fourth-order valence-electron chi connectivity index (χ4n) is 5.35. The SMILES string of the molecule is CC(C)[C@@H](NC(=O)CNC(=O)[C@H](CSC(c1ccccc1)(c1ccccc1)c1ccccc1)NSc1ccccc1[N+](=O)[O-])C(=O)OC(C)(C)C. The number of nitrogens with one attached hydrogen (secondary N) is 3. The molecule has 0 heterocycles. The minimum atomic E-state index is -0.921. The average molecular weight is 729 g/mol. The average Bonchev–Trinajstić information content (AvgIpc) is 3.11. The van der Waals surface area contributed by atoms with Crippen molar-refractivity contribution in [3.8, 4) is 0 Å². The number of nitrogens with zero attached hydrogens (tertiary/aromatic N) is 1. The Morgan fingerprint density at radius 3 is 1.75 bits per heavy atom. The Balaban J connectivity index is 1.64. The molecule has 4 aromatic rings. The van der Waals surface area contributed by atoms with Gasteiger partial charge in [0.05, 0.1) is 16.2 Å². The van der Waals surface area contributed by atoms with Gasteiger partial charge in [-0.05, 0) is 61.4 Å². The highest BCUT2D eigenvalue weighted by molar-refractivity contribution is 8.01. The van der Waals surface area contributed by atoms with Gasteiger partial charge < -0.3 is 15.4 Å². The lowest BCUT2D eigenvalue weighted by molar-refractivity contribution is -0.387. The topological polar surface area (TPSA) is 140 Å². The molecular weight excluding hydrogens is 685 g/mol. The first-order valence-corrected chi connectivity index (χ1v) is 18.4. The normalized spacial score (nSPS) is 12.8. The van der Waals surface area contributed by atoms with Gasteiger partial charge in [0.15, 0.2) is 0 Å². The Morgan fingerprint density at radius 1 is 0.784 bits per heavy atom. The lowest BCUT2D eigenvalue weighted by Crippen LogP contribution is -2.52. The van der Waals surface area contributed by atoms with Gasteiger partial charge in [0.1, 0.15) is 22.6 Å². The predicted molar refractivity (Wildman–Crippen MR) is 203 cm³/mol. The molecule has 0 saturated heterocycles. The van der Waals surface area contributed by atoms with Crippen molar-refractivity contribution in [2.24, 2.45) is 5.92 Å². The van der Waals surface area contributed by atoms with Gasteiger partial charge >= 0.3 is 5.97 Å². The molecule has 0 unspecified atom stereocenters. The van der Waals surface area contributed by atoms with Crippen LogP contribution in [0, 0.1) is 16.0 Å². The van der Waals surface area contributed by atoms with Gasteiger partial charge in [0, 0.05) is 11.8 Å². The molecule has 4 rings (SSSR count). The van der Waals surface area contributed by atoms with E-state index in [0.29, 0.717) is 4.90 Å². The van der Waals surface area contributed by atoms with Crippen LogP contribution < -0.4 is 15.4 Å². The van der Waals surface area contributed by atoms with Crippen LogP contribution in [0.25, 0.3) is 0 Å². The van der Waals surface area contributed by atoms with Crippen molar-refractivity contribution >= 4 is 47.2 Å². The minimum absolute atomic E-state index is 0.102. The molecule has 0 fully saturated rings. The second-order valence-corrected chi connectivity index (χ2v) is 15.2. The van der Waals surface area contributed by atoms with Gasteiger partial charge in [-0.15, -0.1) is 11.8 Å². The summed E-state index contributed by atoms with van der Waals surface area (Å²) in [6, 6.07) is 34.5. The Hall–Kier alpha value is -4.65. The van der Waals surface area contributed by atoms with E-state index < -0.39 is 51.7 Å². The molecule has 51 heavy (non-hydrogen) atoms. The zero-order chi connectivity index (χ0) is 37.0. The largest absolute Gasteiger partial charge is 0.458 e. The minimum Gasteiger partial charge on any atom is -0.458 e. The van der Waals surface area contributed by atoms with Crippen molar-refractivity contribution in [3.05, 3.63) is 142 Å². The van der Waals surface area contributed by atoms with Crippen LogP contribution in [-0.2, 0) is 23.9 Å². The summed E-state index contributed by atoms with van der Waals surface area (Å²) in [4.78, 5) is 51.5. The summed E-state index contributed by atoms with van der Waals surface area (Å²) in [6.07, 6.45) is 0. The van der Waals surface area contributed by atoms with Crippen molar-refractivity contribution in [3.63, 3.8) is 0 Å². The molecule has 0 bridgehead atoms. The molecule has 12 heteroatoms.